The van der Waals surface area contributed by atoms with Crippen LogP contribution in [-0.4, -0.2) is 26.0 Å². The van der Waals surface area contributed by atoms with E-state index in [1.807, 2.05) is 6.92 Å². The molecule has 2 N–H and O–H groups in total. The van der Waals surface area contributed by atoms with Crippen molar-refractivity contribution < 1.29 is 9.18 Å². The van der Waals surface area contributed by atoms with Crippen molar-refractivity contribution in [1.82, 2.24) is 14.9 Å². The summed E-state index contributed by atoms with van der Waals surface area (Å²) in [6.07, 6.45) is 0.691. The summed E-state index contributed by atoms with van der Waals surface area (Å²) in [5.74, 6) is 0.232. The summed E-state index contributed by atoms with van der Waals surface area (Å²) in [7, 11) is 0. The van der Waals surface area contributed by atoms with Gasteiger partial charge in [0.15, 0.2) is 5.82 Å². The predicted octanol–water partition coefficient (Wildman–Crippen LogP) is 4.03. The fourth-order valence-electron chi connectivity index (χ4n) is 3.03. The Labute approximate surface area is 170 Å². The fourth-order valence-corrected chi connectivity index (χ4v) is 4.32. The number of thioether (sulfide) groups is 1. The average Bonchev–Trinajstić information content (AvgIpc) is 3.09. The molecule has 3 aromatic rings. The van der Waals surface area contributed by atoms with Gasteiger partial charge in [-0.05, 0) is 35.9 Å². The van der Waals surface area contributed by atoms with Crippen LogP contribution in [0.1, 0.15) is 24.4 Å². The van der Waals surface area contributed by atoms with E-state index < -0.39 is 11.3 Å². The smallest absolute Gasteiger partial charge is 0.240 e. The van der Waals surface area contributed by atoms with E-state index in [1.165, 1.54) is 23.9 Å². The maximum absolute atomic E-state index is 13.4. The molecule has 1 aliphatic heterocycles. The average molecular weight is 418 g/mol. The van der Waals surface area contributed by atoms with Crippen molar-refractivity contribution >= 4 is 35.0 Å². The molecule has 1 amide bonds. The van der Waals surface area contributed by atoms with Gasteiger partial charge in [0.1, 0.15) is 11.1 Å². The normalized spacial score (nSPS) is 18.2. The van der Waals surface area contributed by atoms with Crippen LogP contribution in [0.15, 0.2) is 53.7 Å². The number of hydrogen-bond acceptors (Lipinski definition) is 5. The quantitative estimate of drug-likeness (QED) is 0.670. The molecule has 0 saturated heterocycles. The first-order valence-corrected chi connectivity index (χ1v) is 10.0. The predicted molar refractivity (Wildman–Crippen MR) is 108 cm³/mol. The minimum atomic E-state index is -0.536. The van der Waals surface area contributed by atoms with Crippen LogP contribution in [0.4, 0.5) is 10.1 Å². The van der Waals surface area contributed by atoms with Crippen molar-refractivity contribution in [2.24, 2.45) is 0 Å². The van der Waals surface area contributed by atoms with E-state index in [2.05, 4.69) is 20.9 Å². The van der Waals surface area contributed by atoms with E-state index in [9.17, 15) is 9.18 Å². The second-order valence-electron chi connectivity index (χ2n) is 6.28. The van der Waals surface area contributed by atoms with Crippen LogP contribution in [0.3, 0.4) is 0 Å². The van der Waals surface area contributed by atoms with Crippen LogP contribution in [0.25, 0.3) is 0 Å². The van der Waals surface area contributed by atoms with E-state index in [-0.39, 0.29) is 11.7 Å². The third-order valence-corrected chi connectivity index (χ3v) is 5.85. The lowest BCUT2D eigenvalue weighted by atomic mass is 10.0. The van der Waals surface area contributed by atoms with E-state index in [0.29, 0.717) is 22.3 Å². The minimum absolute atomic E-state index is 0.207. The van der Waals surface area contributed by atoms with Crippen LogP contribution in [0.2, 0.25) is 5.02 Å². The Balaban J connectivity index is 1.67. The molecule has 2 heterocycles. The number of anilines is 1. The summed E-state index contributed by atoms with van der Waals surface area (Å²) in [4.78, 5) is 13.1. The number of carbonyl (C=O) groups is 1. The molecule has 9 heteroatoms. The third kappa shape index (κ3) is 3.70. The van der Waals surface area contributed by atoms with Gasteiger partial charge in [0.05, 0.1) is 6.04 Å². The van der Waals surface area contributed by atoms with Crippen LogP contribution < -0.4 is 10.7 Å². The number of amides is 1. The molecule has 2 atom stereocenters. The van der Waals surface area contributed by atoms with Gasteiger partial charge in [-0.1, -0.05) is 48.5 Å². The molecule has 0 radical (unpaired) electrons. The van der Waals surface area contributed by atoms with E-state index >= 15 is 0 Å². The Kier molecular flexibility index (Phi) is 5.23. The second kappa shape index (κ2) is 7.81. The zero-order valence-electron chi connectivity index (χ0n) is 14.9. The van der Waals surface area contributed by atoms with Gasteiger partial charge in [-0.15, -0.1) is 10.2 Å². The highest BCUT2D eigenvalue weighted by Gasteiger charge is 2.37. The lowest BCUT2D eigenvalue weighted by Crippen LogP contribution is -2.41. The number of nitrogens with one attached hydrogen (secondary N) is 2. The Morgan fingerprint density at radius 1 is 1.29 bits per heavy atom. The first-order chi connectivity index (χ1) is 13.5. The van der Waals surface area contributed by atoms with Crippen molar-refractivity contribution in [2.75, 3.05) is 10.7 Å². The number of halogens is 2. The van der Waals surface area contributed by atoms with Crippen LogP contribution in [-0.2, 0) is 11.2 Å². The van der Waals surface area contributed by atoms with Crippen molar-refractivity contribution in [3.05, 3.63) is 70.8 Å². The lowest BCUT2D eigenvalue weighted by Gasteiger charge is -2.33. The molecule has 0 bridgehead atoms. The Bertz CT molecular complexity index is 1010. The molecule has 2 aromatic carbocycles. The maximum Gasteiger partial charge on any atom is 0.240 e. The summed E-state index contributed by atoms with van der Waals surface area (Å²) in [5, 5.41) is 11.9. The van der Waals surface area contributed by atoms with Crippen molar-refractivity contribution in [2.45, 2.75) is 29.8 Å². The van der Waals surface area contributed by atoms with Gasteiger partial charge in [-0.3, -0.25) is 4.79 Å². The van der Waals surface area contributed by atoms with Gasteiger partial charge in [-0.2, -0.15) is 0 Å². The lowest BCUT2D eigenvalue weighted by molar-refractivity contribution is -0.116. The first-order valence-electron chi connectivity index (χ1n) is 8.74. The summed E-state index contributed by atoms with van der Waals surface area (Å²) < 4.78 is 15.2. The van der Waals surface area contributed by atoms with E-state index in [0.717, 1.165) is 11.4 Å². The van der Waals surface area contributed by atoms with Gasteiger partial charge in [0.25, 0.3) is 0 Å². The molecule has 2 unspecified atom stereocenters. The van der Waals surface area contributed by atoms with Gasteiger partial charge >= 0.3 is 0 Å². The number of hydrogen-bond donors (Lipinski definition) is 2. The number of benzene rings is 2. The van der Waals surface area contributed by atoms with Crippen LogP contribution >= 0.6 is 23.4 Å². The molecule has 1 aromatic heterocycles. The second-order valence-corrected chi connectivity index (χ2v) is 7.83. The Hall–Kier alpha value is -2.58. The number of aromatic nitrogens is 3. The minimum Gasteiger partial charge on any atom is -0.325 e. The summed E-state index contributed by atoms with van der Waals surface area (Å²) in [5.41, 5.74) is 4.72. The number of nitrogens with zero attached hydrogens (tertiary/aromatic N) is 3. The van der Waals surface area contributed by atoms with Gasteiger partial charge in [0.2, 0.25) is 11.1 Å². The number of rotatable bonds is 4. The first kappa shape index (κ1) is 18.8. The van der Waals surface area contributed by atoms with Gasteiger partial charge in [-0.25, -0.2) is 9.07 Å². The number of fused-ring (bicyclic) bond motifs is 1. The summed E-state index contributed by atoms with van der Waals surface area (Å²) >= 11 is 7.33. The van der Waals surface area contributed by atoms with Crippen molar-refractivity contribution in [1.29, 1.82) is 0 Å². The monoisotopic (exact) mass is 417 g/mol. The van der Waals surface area contributed by atoms with Crippen molar-refractivity contribution in [3.63, 3.8) is 0 Å². The summed E-state index contributed by atoms with van der Waals surface area (Å²) in [6, 6.07) is 12.7. The molecule has 6 nitrogen and oxygen atoms in total. The van der Waals surface area contributed by atoms with Crippen LogP contribution in [0.5, 0.6) is 0 Å². The molecule has 0 saturated carbocycles. The topological polar surface area (TPSA) is 71.8 Å². The zero-order chi connectivity index (χ0) is 19.7. The van der Waals surface area contributed by atoms with Crippen LogP contribution in [0, 0.1) is 5.82 Å². The van der Waals surface area contributed by atoms with E-state index in [1.54, 1.807) is 41.1 Å². The molecule has 1 aliphatic rings. The molecule has 4 rings (SSSR count). The molecule has 0 fully saturated rings. The SMILES string of the molecule is CCc1nnc2n1NC(c1ccc(F)cc1)C(C(=O)Nc1cccc(Cl)c1)S2. The largest absolute Gasteiger partial charge is 0.325 e. The highest BCUT2D eigenvalue weighted by Crippen LogP contribution is 2.37. The summed E-state index contributed by atoms with van der Waals surface area (Å²) in [6.45, 7) is 1.98. The molecular formula is C19H17ClFN5OS. The van der Waals surface area contributed by atoms with E-state index in [4.69, 9.17) is 11.6 Å². The van der Waals surface area contributed by atoms with Gasteiger partial charge < -0.3 is 10.7 Å². The third-order valence-electron chi connectivity index (χ3n) is 4.40. The molecule has 0 spiro atoms. The molecular weight excluding hydrogens is 401 g/mol. The highest BCUT2D eigenvalue weighted by atomic mass is 35.5. The zero-order valence-corrected chi connectivity index (χ0v) is 16.5. The highest BCUT2D eigenvalue weighted by molar-refractivity contribution is 8.00. The number of carbonyl (C=O) groups excluding carboxylic acids is 1. The molecule has 144 valence electrons. The Morgan fingerprint density at radius 2 is 2.07 bits per heavy atom. The van der Waals surface area contributed by atoms with Gasteiger partial charge in [0, 0.05) is 17.1 Å². The fraction of sp³-hybridized carbons (Fsp3) is 0.211. The standard InChI is InChI=1S/C19H17ClFN5OS/c1-2-15-23-24-19-26(15)25-16(11-6-8-13(21)9-7-11)17(28-19)18(27)22-14-5-3-4-12(20)10-14/h3-10,16-17,25H,2H2,1H3,(H,22,27). The number of aryl methyl sites for hydroxylation is 1. The molecule has 28 heavy (non-hydrogen) atoms. The van der Waals surface area contributed by atoms with Crippen molar-refractivity contribution in [3.8, 4) is 0 Å². The maximum atomic E-state index is 13.4. The molecule has 0 aliphatic carbocycles. The Morgan fingerprint density at radius 3 is 2.79 bits per heavy atom.